The van der Waals surface area contributed by atoms with Crippen molar-refractivity contribution in [2.24, 2.45) is 11.7 Å². The fraction of sp³-hybridized carbons (Fsp3) is 0.596. The lowest BCUT2D eigenvalue weighted by molar-refractivity contribution is -0.109. The number of rotatable bonds is 27. The van der Waals surface area contributed by atoms with Crippen LogP contribution >= 0.6 is 0 Å². The average Bonchev–Trinajstić information content (AvgIpc) is 3.21. The molecule has 1 aliphatic heterocycles. The summed E-state index contributed by atoms with van der Waals surface area (Å²) in [5.41, 5.74) is 17.3. The van der Waals surface area contributed by atoms with Gasteiger partial charge >= 0.3 is 0 Å². The summed E-state index contributed by atoms with van der Waals surface area (Å²) >= 11 is 0. The minimum atomic E-state index is -4.05. The normalized spacial score (nSPS) is 15.7. The Morgan fingerprint density at radius 1 is 0.967 bits per heavy atom. The first-order chi connectivity index (χ1) is 28.9. The zero-order chi connectivity index (χ0) is 43.9. The zero-order valence-corrected chi connectivity index (χ0v) is 38.6. The summed E-state index contributed by atoms with van der Waals surface area (Å²) in [5, 5.41) is 3.41. The molecule has 1 fully saturated rings. The van der Waals surface area contributed by atoms with Crippen molar-refractivity contribution in [2.45, 2.75) is 124 Å². The number of aryl methyl sites for hydroxylation is 2. The Kier molecular flexibility index (Phi) is 23.2. The van der Waals surface area contributed by atoms with Gasteiger partial charge in [-0.1, -0.05) is 70.7 Å². The van der Waals surface area contributed by atoms with Crippen LogP contribution in [-0.2, 0) is 35.7 Å². The minimum absolute atomic E-state index is 0.0643. The van der Waals surface area contributed by atoms with Crippen LogP contribution < -0.4 is 30.9 Å². The molecule has 2 aromatic carbocycles. The maximum absolute atomic E-state index is 13.7. The predicted octanol–water partition coefficient (Wildman–Crippen LogP) is 8.03. The molecular formula is C47H75N5O7S. The number of nitrogens with one attached hydrogen (secondary N) is 3. The monoisotopic (exact) mass is 854 g/mol. The summed E-state index contributed by atoms with van der Waals surface area (Å²) in [4.78, 5) is 20.0. The molecule has 0 radical (unpaired) electrons. The molecule has 1 aliphatic carbocycles. The molecule has 1 unspecified atom stereocenters. The molecule has 0 amide bonds. The van der Waals surface area contributed by atoms with Gasteiger partial charge in [-0.15, -0.1) is 0 Å². The third-order valence-electron chi connectivity index (χ3n) is 10.6. The number of nitrogens with zero attached hydrogens (tertiary/aromatic N) is 1. The van der Waals surface area contributed by atoms with Crippen LogP contribution in [0.4, 0.5) is 5.69 Å². The molecule has 0 saturated heterocycles. The van der Waals surface area contributed by atoms with E-state index in [1.807, 2.05) is 14.0 Å². The van der Waals surface area contributed by atoms with E-state index >= 15 is 0 Å². The molecule has 336 valence electrons. The maximum Gasteiger partial charge on any atom is 0.241 e. The highest BCUT2D eigenvalue weighted by Gasteiger charge is 2.27. The van der Waals surface area contributed by atoms with Crippen LogP contribution in [0.5, 0.6) is 5.75 Å². The molecule has 0 spiro atoms. The lowest BCUT2D eigenvalue weighted by Gasteiger charge is -2.32. The number of benzene rings is 2. The van der Waals surface area contributed by atoms with Crippen molar-refractivity contribution in [1.82, 2.24) is 15.5 Å². The number of hydrogen-bond donors (Lipinski definition) is 4. The van der Waals surface area contributed by atoms with Crippen molar-refractivity contribution in [3.05, 3.63) is 81.7 Å². The second-order valence-electron chi connectivity index (χ2n) is 15.6. The van der Waals surface area contributed by atoms with Crippen LogP contribution in [-0.4, -0.2) is 80.5 Å². The predicted molar refractivity (Wildman–Crippen MR) is 244 cm³/mol. The van der Waals surface area contributed by atoms with Gasteiger partial charge in [0.15, 0.2) is 0 Å². The van der Waals surface area contributed by atoms with Gasteiger partial charge in [0.05, 0.1) is 24.1 Å². The number of carbonyl (C=O) groups is 1. The molecule has 13 heteroatoms. The van der Waals surface area contributed by atoms with Crippen molar-refractivity contribution in [3.63, 3.8) is 0 Å². The minimum Gasteiger partial charge on any atom is -0.492 e. The summed E-state index contributed by atoms with van der Waals surface area (Å²) in [5.74, 6) is 1.42. The van der Waals surface area contributed by atoms with Crippen molar-refractivity contribution in [1.29, 1.82) is 0 Å². The molecule has 4 rings (SSSR count). The van der Waals surface area contributed by atoms with Gasteiger partial charge in [0.1, 0.15) is 18.6 Å². The molecule has 2 aliphatic rings. The van der Waals surface area contributed by atoms with Crippen LogP contribution in [0.2, 0.25) is 0 Å². The largest absolute Gasteiger partial charge is 0.492 e. The topological polar surface area (TPSA) is 153 Å². The number of nitrogens with two attached hydrogens (primary N) is 1. The Morgan fingerprint density at radius 3 is 2.27 bits per heavy atom. The summed E-state index contributed by atoms with van der Waals surface area (Å²) in [6, 6.07) is 8.67. The van der Waals surface area contributed by atoms with Gasteiger partial charge < -0.3 is 39.8 Å². The Morgan fingerprint density at radius 2 is 1.67 bits per heavy atom. The Hall–Kier alpha value is -3.56. The number of hydrogen-bond acceptors (Lipinski definition) is 11. The van der Waals surface area contributed by atoms with E-state index in [9.17, 15) is 13.2 Å². The van der Waals surface area contributed by atoms with Crippen molar-refractivity contribution < 1.29 is 32.3 Å². The van der Waals surface area contributed by atoms with Gasteiger partial charge in [0.2, 0.25) is 10.0 Å². The van der Waals surface area contributed by atoms with E-state index in [0.717, 1.165) is 97.9 Å². The molecule has 1 saturated carbocycles. The van der Waals surface area contributed by atoms with E-state index in [0.29, 0.717) is 56.1 Å². The standard InChI is InChI=1S/C41H61N5O6S.C6H14O/c1-7-11-38(37-27-46(6)39-24-33(25-42)14-15-36(39)40(37)29(3)8-2)43-26-34(28-47)45-53(48,49)41-30(4)22-35(23-31(41)5)51-21-17-44-52-19-10-18-50-20-16-32-12-9-13-32;1-3-5-7-6-4-2/h11,14-15,22-24,27-28,32,34,43-45H,7-10,12-13,16-21,25-26,42H2,1-6H3;3-6H2,1-2H3/b38-11+,40-29-;. The van der Waals surface area contributed by atoms with Gasteiger partial charge in [-0.3, -0.25) is 0 Å². The van der Waals surface area contributed by atoms with Crippen molar-refractivity contribution in [3.8, 4) is 5.75 Å². The SMILES string of the molecule is CC/C=C(/NCC(C=O)NS(=O)(=O)c1c(C)cc(OCCNOCCCOCCC2CCC2)cc1C)C1=CN(C)c2cc(CN)ccc2/C1=C(\C)CC.CCCOCCC. The number of anilines is 1. The van der Waals surface area contributed by atoms with Crippen molar-refractivity contribution >= 4 is 27.6 Å². The number of fused-ring (bicyclic) bond motifs is 1. The first-order valence-electron chi connectivity index (χ1n) is 22.1. The smallest absolute Gasteiger partial charge is 0.241 e. The molecule has 60 heavy (non-hydrogen) atoms. The third-order valence-corrected chi connectivity index (χ3v) is 12.4. The highest BCUT2D eigenvalue weighted by molar-refractivity contribution is 7.89. The molecule has 0 aromatic heterocycles. The number of aldehydes is 1. The maximum atomic E-state index is 13.7. The van der Waals surface area contributed by atoms with E-state index in [-0.39, 0.29) is 11.4 Å². The lowest BCUT2D eigenvalue weighted by atomic mass is 9.83. The van der Waals surface area contributed by atoms with E-state index < -0.39 is 16.1 Å². The van der Waals surface area contributed by atoms with Crippen molar-refractivity contribution in [2.75, 3.05) is 64.7 Å². The van der Waals surface area contributed by atoms with E-state index in [2.05, 4.69) is 78.6 Å². The second-order valence-corrected chi connectivity index (χ2v) is 17.3. The molecule has 1 heterocycles. The van der Waals surface area contributed by atoms with Gasteiger partial charge in [0.25, 0.3) is 0 Å². The highest BCUT2D eigenvalue weighted by Crippen LogP contribution is 2.42. The van der Waals surface area contributed by atoms with E-state index in [1.165, 1.54) is 24.8 Å². The Bertz CT molecular complexity index is 1800. The summed E-state index contributed by atoms with van der Waals surface area (Å²) in [6.07, 6.45) is 14.7. The first kappa shape index (κ1) is 50.8. The number of hydroxylamine groups is 1. The quantitative estimate of drug-likeness (QED) is 0.0393. The fourth-order valence-corrected chi connectivity index (χ4v) is 8.75. The van der Waals surface area contributed by atoms with Crippen LogP contribution in [0.25, 0.3) is 5.57 Å². The third kappa shape index (κ3) is 16.0. The average molecular weight is 854 g/mol. The van der Waals surface area contributed by atoms with Crippen LogP contribution in [0.1, 0.15) is 115 Å². The Labute approximate surface area is 361 Å². The summed E-state index contributed by atoms with van der Waals surface area (Å²) < 4.78 is 46.7. The van der Waals surface area contributed by atoms with Gasteiger partial charge in [-0.05, 0) is 106 Å². The van der Waals surface area contributed by atoms with Gasteiger partial charge in [0, 0.05) is 75.3 Å². The van der Waals surface area contributed by atoms with Gasteiger partial charge in [-0.25, -0.2) is 8.42 Å². The number of sulfonamides is 1. The first-order valence-corrected chi connectivity index (χ1v) is 23.6. The molecule has 1 atom stereocenters. The Balaban J connectivity index is 0.00000126. The second kappa shape index (κ2) is 27.4. The number of ether oxygens (including phenoxy) is 3. The molecule has 2 aromatic rings. The van der Waals surface area contributed by atoms with Crippen LogP contribution in [0.3, 0.4) is 0 Å². The molecular weight excluding hydrogens is 779 g/mol. The molecule has 12 nitrogen and oxygen atoms in total. The van der Waals surface area contributed by atoms with E-state index in [1.54, 1.807) is 26.0 Å². The van der Waals surface area contributed by atoms with Crippen LogP contribution in [0.15, 0.2) is 64.3 Å². The number of allylic oxidation sites excluding steroid dienone is 3. The lowest BCUT2D eigenvalue weighted by Crippen LogP contribution is -2.43. The van der Waals surface area contributed by atoms with Crippen LogP contribution in [0, 0.1) is 19.8 Å². The number of carbonyl (C=O) groups excluding carboxylic acids is 1. The zero-order valence-electron chi connectivity index (χ0n) is 37.8. The summed E-state index contributed by atoms with van der Waals surface area (Å²) in [7, 11) is -2.04. The van der Waals surface area contributed by atoms with Gasteiger partial charge in [-0.2, -0.15) is 10.2 Å². The fourth-order valence-electron chi connectivity index (χ4n) is 7.13. The summed E-state index contributed by atoms with van der Waals surface area (Å²) in [6.45, 7) is 19.2. The van der Waals surface area contributed by atoms with E-state index in [4.69, 9.17) is 24.8 Å². The molecule has 0 bridgehead atoms. The molecule has 5 N–H and O–H groups in total. The highest BCUT2D eigenvalue weighted by atomic mass is 32.2.